The van der Waals surface area contributed by atoms with E-state index in [-0.39, 0.29) is 17.6 Å². The Morgan fingerprint density at radius 3 is 2.58 bits per heavy atom. The second-order valence-corrected chi connectivity index (χ2v) is 9.26. The molecule has 3 heterocycles. The number of aliphatic hydroxyl groups excluding tert-OH is 1. The van der Waals surface area contributed by atoms with Crippen LogP contribution in [-0.4, -0.2) is 65.4 Å². The molecule has 1 spiro atoms. The van der Waals surface area contributed by atoms with Gasteiger partial charge in [0.1, 0.15) is 5.82 Å². The standard InChI is InChI=1S/C22H31ClN4O4/c1-2-31-21(30)25-15-13-18(23)19(24-14-15)26-10-7-22(8-11-26)9-12-27(20(22)29)16-3-5-17(28)6-4-16/h13-14,16-17,28H,2-12H2,1H3,(H,25,30). The molecule has 2 amide bonds. The highest BCUT2D eigenvalue weighted by Crippen LogP contribution is 2.44. The monoisotopic (exact) mass is 450 g/mol. The number of anilines is 2. The number of rotatable bonds is 4. The number of piperidine rings is 1. The fraction of sp³-hybridized carbons (Fsp3) is 0.682. The Morgan fingerprint density at radius 2 is 1.94 bits per heavy atom. The van der Waals surface area contributed by atoms with E-state index >= 15 is 0 Å². The van der Waals surface area contributed by atoms with Gasteiger partial charge in [-0.25, -0.2) is 9.78 Å². The predicted molar refractivity (Wildman–Crippen MR) is 118 cm³/mol. The van der Waals surface area contributed by atoms with E-state index in [2.05, 4.69) is 20.1 Å². The minimum absolute atomic E-state index is 0.206. The number of aromatic nitrogens is 1. The molecule has 170 valence electrons. The maximum Gasteiger partial charge on any atom is 0.411 e. The molecule has 1 aromatic heterocycles. The van der Waals surface area contributed by atoms with E-state index < -0.39 is 6.09 Å². The Kier molecular flexibility index (Phi) is 6.57. The summed E-state index contributed by atoms with van der Waals surface area (Å²) < 4.78 is 4.87. The molecule has 31 heavy (non-hydrogen) atoms. The second-order valence-electron chi connectivity index (χ2n) is 8.85. The number of hydrogen-bond donors (Lipinski definition) is 2. The molecule has 3 aliphatic rings. The van der Waals surface area contributed by atoms with Crippen LogP contribution in [0.25, 0.3) is 0 Å². The van der Waals surface area contributed by atoms with Crippen LogP contribution >= 0.6 is 11.6 Å². The molecule has 3 fully saturated rings. The van der Waals surface area contributed by atoms with E-state index in [4.69, 9.17) is 16.3 Å². The van der Waals surface area contributed by atoms with Crippen molar-refractivity contribution in [2.45, 2.75) is 64.0 Å². The molecule has 0 atom stereocenters. The van der Waals surface area contributed by atoms with Crippen molar-refractivity contribution < 1.29 is 19.4 Å². The summed E-state index contributed by atoms with van der Waals surface area (Å²) in [5, 5.41) is 12.8. The summed E-state index contributed by atoms with van der Waals surface area (Å²) >= 11 is 6.45. The van der Waals surface area contributed by atoms with Crippen molar-refractivity contribution >= 4 is 35.1 Å². The first-order chi connectivity index (χ1) is 14.9. The Bertz CT molecular complexity index is 820. The number of carbonyl (C=O) groups is 2. The number of hydrogen-bond acceptors (Lipinski definition) is 6. The molecule has 1 saturated carbocycles. The fourth-order valence-electron chi connectivity index (χ4n) is 5.19. The molecule has 4 rings (SSSR count). The van der Waals surface area contributed by atoms with E-state index in [0.717, 1.165) is 64.6 Å². The summed E-state index contributed by atoms with van der Waals surface area (Å²) in [6.45, 7) is 4.30. The van der Waals surface area contributed by atoms with E-state index in [9.17, 15) is 14.7 Å². The number of pyridine rings is 1. The number of amides is 2. The van der Waals surface area contributed by atoms with E-state index in [0.29, 0.717) is 29.0 Å². The Balaban J connectivity index is 1.36. The van der Waals surface area contributed by atoms with Crippen LogP contribution in [0.5, 0.6) is 0 Å². The third-order valence-corrected chi connectivity index (χ3v) is 7.29. The van der Waals surface area contributed by atoms with Gasteiger partial charge in [0, 0.05) is 25.7 Å². The zero-order valence-electron chi connectivity index (χ0n) is 18.0. The molecule has 2 aliphatic heterocycles. The van der Waals surface area contributed by atoms with Crippen molar-refractivity contribution in [3.05, 3.63) is 17.3 Å². The predicted octanol–water partition coefficient (Wildman–Crippen LogP) is 3.43. The summed E-state index contributed by atoms with van der Waals surface area (Å²) in [6, 6.07) is 1.95. The van der Waals surface area contributed by atoms with Crippen LogP contribution in [0.1, 0.15) is 51.9 Å². The molecule has 8 nitrogen and oxygen atoms in total. The molecule has 0 unspecified atom stereocenters. The zero-order valence-corrected chi connectivity index (χ0v) is 18.7. The van der Waals surface area contributed by atoms with Crippen LogP contribution in [0, 0.1) is 5.41 Å². The average molecular weight is 451 g/mol. The molecule has 9 heteroatoms. The Labute approximate surface area is 187 Å². The van der Waals surface area contributed by atoms with Crippen LogP contribution in [0.2, 0.25) is 5.02 Å². The summed E-state index contributed by atoms with van der Waals surface area (Å²) in [6.07, 6.45) is 6.71. The van der Waals surface area contributed by atoms with Crippen molar-refractivity contribution in [2.24, 2.45) is 5.41 Å². The van der Waals surface area contributed by atoms with Gasteiger partial charge < -0.3 is 19.6 Å². The summed E-state index contributed by atoms with van der Waals surface area (Å²) in [5.74, 6) is 0.969. The number of carbonyl (C=O) groups excluding carboxylic acids is 2. The van der Waals surface area contributed by atoms with Crippen LogP contribution in [0.3, 0.4) is 0 Å². The quantitative estimate of drug-likeness (QED) is 0.729. The molecule has 0 bridgehead atoms. The maximum absolute atomic E-state index is 13.3. The highest BCUT2D eigenvalue weighted by molar-refractivity contribution is 6.33. The van der Waals surface area contributed by atoms with Crippen molar-refractivity contribution in [3.63, 3.8) is 0 Å². The molecule has 1 aromatic rings. The molecule has 2 N–H and O–H groups in total. The smallest absolute Gasteiger partial charge is 0.411 e. The molecule has 2 saturated heterocycles. The third kappa shape index (κ3) is 4.60. The molecular weight excluding hydrogens is 420 g/mol. The van der Waals surface area contributed by atoms with E-state index in [1.807, 2.05) is 0 Å². The minimum atomic E-state index is -0.537. The first-order valence-electron chi connectivity index (χ1n) is 11.3. The van der Waals surface area contributed by atoms with E-state index in [1.54, 1.807) is 19.2 Å². The minimum Gasteiger partial charge on any atom is -0.450 e. The zero-order chi connectivity index (χ0) is 22.0. The van der Waals surface area contributed by atoms with Gasteiger partial charge in [-0.2, -0.15) is 0 Å². The lowest BCUT2D eigenvalue weighted by atomic mass is 9.77. The summed E-state index contributed by atoms with van der Waals surface area (Å²) in [7, 11) is 0. The van der Waals surface area contributed by atoms with Gasteiger partial charge in [0.15, 0.2) is 0 Å². The highest BCUT2D eigenvalue weighted by Gasteiger charge is 2.50. The van der Waals surface area contributed by atoms with Crippen LogP contribution in [0.15, 0.2) is 12.3 Å². The number of nitrogens with zero attached hydrogens (tertiary/aromatic N) is 3. The molecule has 1 aliphatic carbocycles. The van der Waals surface area contributed by atoms with Crippen LogP contribution in [-0.2, 0) is 9.53 Å². The highest BCUT2D eigenvalue weighted by atomic mass is 35.5. The third-order valence-electron chi connectivity index (χ3n) is 7.02. The van der Waals surface area contributed by atoms with Gasteiger partial charge in [0.2, 0.25) is 5.91 Å². The molecule has 0 radical (unpaired) electrons. The number of halogens is 1. The van der Waals surface area contributed by atoms with Gasteiger partial charge in [-0.1, -0.05) is 11.6 Å². The van der Waals surface area contributed by atoms with Gasteiger partial charge in [-0.15, -0.1) is 0 Å². The SMILES string of the molecule is CCOC(=O)Nc1cnc(N2CCC3(CC2)CCN(C2CCC(O)CC2)C3=O)c(Cl)c1. The van der Waals surface area contributed by atoms with Gasteiger partial charge in [0.05, 0.1) is 35.0 Å². The van der Waals surface area contributed by atoms with Gasteiger partial charge in [0.25, 0.3) is 0 Å². The lowest BCUT2D eigenvalue weighted by Gasteiger charge is -2.40. The first-order valence-corrected chi connectivity index (χ1v) is 11.6. The topological polar surface area (TPSA) is 95.0 Å². The normalized spacial score (nSPS) is 25.7. The Morgan fingerprint density at radius 1 is 1.26 bits per heavy atom. The van der Waals surface area contributed by atoms with Gasteiger partial charge in [-0.05, 0) is 57.9 Å². The van der Waals surface area contributed by atoms with E-state index in [1.165, 1.54) is 0 Å². The van der Waals surface area contributed by atoms with Crippen LogP contribution < -0.4 is 10.2 Å². The summed E-state index contributed by atoms with van der Waals surface area (Å²) in [5.41, 5.74) is 0.213. The van der Waals surface area contributed by atoms with Crippen molar-refractivity contribution in [2.75, 3.05) is 36.5 Å². The lowest BCUT2D eigenvalue weighted by Crippen LogP contribution is -2.47. The van der Waals surface area contributed by atoms with Crippen LogP contribution in [0.4, 0.5) is 16.3 Å². The molecular formula is C22H31ClN4O4. The number of ether oxygens (including phenoxy) is 1. The fourth-order valence-corrected chi connectivity index (χ4v) is 5.48. The number of aliphatic hydroxyl groups is 1. The van der Waals surface area contributed by atoms with Gasteiger partial charge in [-0.3, -0.25) is 10.1 Å². The second kappa shape index (κ2) is 9.20. The molecule has 0 aromatic carbocycles. The maximum atomic E-state index is 13.3. The number of likely N-dealkylation sites (tertiary alicyclic amines) is 1. The Hall–Kier alpha value is -2.06. The van der Waals surface area contributed by atoms with Crippen molar-refractivity contribution in [3.8, 4) is 0 Å². The summed E-state index contributed by atoms with van der Waals surface area (Å²) in [4.78, 5) is 33.6. The average Bonchev–Trinajstić information content (AvgIpc) is 3.06. The first kappa shape index (κ1) is 22.1. The number of nitrogens with one attached hydrogen (secondary N) is 1. The van der Waals surface area contributed by atoms with Gasteiger partial charge >= 0.3 is 6.09 Å². The van der Waals surface area contributed by atoms with Crippen molar-refractivity contribution in [1.82, 2.24) is 9.88 Å². The van der Waals surface area contributed by atoms with Crippen molar-refractivity contribution in [1.29, 1.82) is 0 Å². The lowest BCUT2D eigenvalue weighted by molar-refractivity contribution is -0.139. The largest absolute Gasteiger partial charge is 0.450 e.